The summed E-state index contributed by atoms with van der Waals surface area (Å²) in [5.74, 6) is -2.92. The van der Waals surface area contributed by atoms with Gasteiger partial charge < -0.3 is 49.7 Å². The lowest BCUT2D eigenvalue weighted by atomic mass is 9.78. The molecule has 13 nitrogen and oxygen atoms in total. The number of ether oxygens (including phenoxy) is 3. The largest absolute Gasteiger partial charge is 0.388 e. The maximum Gasteiger partial charge on any atom is 0.294 e. The Morgan fingerprint density at radius 2 is 1.84 bits per heavy atom. The zero-order valence-corrected chi connectivity index (χ0v) is 12.7. The van der Waals surface area contributed by atoms with E-state index >= 15 is 0 Å². The highest BCUT2D eigenvalue weighted by molar-refractivity contribution is 5.15. The lowest BCUT2D eigenvalue weighted by molar-refractivity contribution is -0.760. The molecule has 0 spiro atoms. The van der Waals surface area contributed by atoms with Gasteiger partial charge >= 0.3 is 0 Å². The summed E-state index contributed by atoms with van der Waals surface area (Å²) in [6, 6.07) is 0. The van der Waals surface area contributed by atoms with Crippen molar-refractivity contribution in [2.45, 2.75) is 54.1 Å². The van der Waals surface area contributed by atoms with Gasteiger partial charge in [-0.25, -0.2) is 0 Å². The van der Waals surface area contributed by atoms with Gasteiger partial charge in [0.1, 0.15) is 49.3 Å². The first-order chi connectivity index (χ1) is 11.6. The number of aliphatic hydroxyl groups is 6. The van der Waals surface area contributed by atoms with Crippen LogP contribution in [0.2, 0.25) is 0 Å². The van der Waals surface area contributed by atoms with Crippen LogP contribution in [-0.2, 0) is 19.0 Å². The fourth-order valence-corrected chi connectivity index (χ4v) is 3.45. The molecule has 3 fully saturated rings. The van der Waals surface area contributed by atoms with Crippen LogP contribution < -0.4 is 0 Å². The molecular weight excluding hydrogens is 350 g/mol. The standard InChI is InChI=1S/C12H19NO12/c14-4-1-22-10-8(4)23-3-11(10,18)12(19)9(17)7(16)6(15)5(25-12)2-24-13(20)21/h4-10,14-19H,1-3H2/t4-,5-,6+,7+,8-,9-,10+,11-,12?/m1/s1. The molecule has 0 aromatic heterocycles. The van der Waals surface area contributed by atoms with E-state index in [4.69, 9.17) is 14.2 Å². The van der Waals surface area contributed by atoms with Gasteiger partial charge in [-0.15, -0.1) is 10.1 Å². The third-order valence-corrected chi connectivity index (χ3v) is 4.84. The predicted molar refractivity (Wildman–Crippen MR) is 71.2 cm³/mol. The molecule has 25 heavy (non-hydrogen) atoms. The first kappa shape index (κ1) is 18.6. The molecule has 13 heteroatoms. The number of hydrogen-bond donors (Lipinski definition) is 6. The van der Waals surface area contributed by atoms with Crippen LogP contribution in [0.3, 0.4) is 0 Å². The molecule has 6 N–H and O–H groups in total. The van der Waals surface area contributed by atoms with Crippen molar-refractivity contribution in [1.82, 2.24) is 0 Å². The molecule has 0 aromatic rings. The Morgan fingerprint density at radius 1 is 1.16 bits per heavy atom. The van der Waals surface area contributed by atoms with Crippen molar-refractivity contribution in [2.75, 3.05) is 19.8 Å². The van der Waals surface area contributed by atoms with Crippen molar-refractivity contribution in [1.29, 1.82) is 0 Å². The van der Waals surface area contributed by atoms with E-state index in [0.717, 1.165) is 0 Å². The second kappa shape index (κ2) is 6.22. The molecule has 3 rings (SSSR count). The van der Waals surface area contributed by atoms with E-state index in [1.807, 2.05) is 0 Å². The van der Waals surface area contributed by atoms with E-state index in [9.17, 15) is 40.8 Å². The smallest absolute Gasteiger partial charge is 0.294 e. The van der Waals surface area contributed by atoms with Crippen molar-refractivity contribution in [3.05, 3.63) is 10.1 Å². The molecule has 1 unspecified atom stereocenters. The van der Waals surface area contributed by atoms with Gasteiger partial charge in [-0.1, -0.05) is 0 Å². The quantitative estimate of drug-likeness (QED) is 0.204. The minimum atomic E-state index is -2.92. The van der Waals surface area contributed by atoms with Gasteiger partial charge in [0.15, 0.2) is 5.60 Å². The first-order valence-corrected chi connectivity index (χ1v) is 7.47. The van der Waals surface area contributed by atoms with Gasteiger partial charge in [-0.2, -0.15) is 0 Å². The molecule has 3 aliphatic heterocycles. The van der Waals surface area contributed by atoms with Crippen LogP contribution in [-0.4, -0.2) is 110 Å². The van der Waals surface area contributed by atoms with E-state index in [2.05, 4.69) is 4.84 Å². The van der Waals surface area contributed by atoms with Crippen molar-refractivity contribution in [3.63, 3.8) is 0 Å². The second-order valence-corrected chi connectivity index (χ2v) is 6.32. The zero-order chi connectivity index (χ0) is 18.6. The molecule has 0 bridgehead atoms. The number of fused-ring (bicyclic) bond motifs is 1. The Morgan fingerprint density at radius 3 is 2.48 bits per heavy atom. The van der Waals surface area contributed by atoms with Crippen LogP contribution in [0, 0.1) is 10.1 Å². The predicted octanol–water partition coefficient (Wildman–Crippen LogP) is -4.75. The third kappa shape index (κ3) is 2.68. The number of rotatable bonds is 4. The number of aliphatic hydroxyl groups excluding tert-OH is 4. The first-order valence-electron chi connectivity index (χ1n) is 7.47. The summed E-state index contributed by atoms with van der Waals surface area (Å²) in [6.07, 6.45) is -11.1. The minimum absolute atomic E-state index is 0.205. The van der Waals surface area contributed by atoms with Crippen molar-refractivity contribution in [3.8, 4) is 0 Å². The highest BCUT2D eigenvalue weighted by Crippen LogP contribution is 2.45. The van der Waals surface area contributed by atoms with E-state index in [-0.39, 0.29) is 6.61 Å². The fourth-order valence-electron chi connectivity index (χ4n) is 3.45. The van der Waals surface area contributed by atoms with Gasteiger partial charge in [-0.3, -0.25) is 0 Å². The normalized spacial score (nSPS) is 52.8. The molecule has 144 valence electrons. The molecule has 0 radical (unpaired) electrons. The monoisotopic (exact) mass is 369 g/mol. The topological polar surface area (TPSA) is 201 Å². The summed E-state index contributed by atoms with van der Waals surface area (Å²) in [4.78, 5) is 14.4. The number of nitrogens with zero attached hydrogens (tertiary/aromatic N) is 1. The molecular formula is C12H19NO12. The minimum Gasteiger partial charge on any atom is -0.388 e. The van der Waals surface area contributed by atoms with Crippen LogP contribution in [0.1, 0.15) is 0 Å². The van der Waals surface area contributed by atoms with Crippen LogP contribution in [0.5, 0.6) is 0 Å². The SMILES string of the molecule is O=[N+]([O-])OC[C@H]1OC(O)([C@@]2(O)CO[C@@H]3[C@H](O)CO[C@@H]32)[C@H](O)[C@@H](O)[C@H]1O. The highest BCUT2D eigenvalue weighted by Gasteiger charge is 2.71. The van der Waals surface area contributed by atoms with Gasteiger partial charge in [0, 0.05) is 0 Å². The van der Waals surface area contributed by atoms with Gasteiger partial charge in [0.05, 0.1) is 13.2 Å². The highest BCUT2D eigenvalue weighted by atomic mass is 17.0. The molecule has 3 aliphatic rings. The van der Waals surface area contributed by atoms with Crippen LogP contribution in [0.15, 0.2) is 0 Å². The summed E-state index contributed by atoms with van der Waals surface area (Å²) in [5, 5.41) is 70.6. The third-order valence-electron chi connectivity index (χ3n) is 4.84. The Bertz CT molecular complexity index is 534. The molecule has 9 atom stereocenters. The summed E-state index contributed by atoms with van der Waals surface area (Å²) in [6.45, 7) is -1.71. The lowest BCUT2D eigenvalue weighted by Gasteiger charge is -2.51. The van der Waals surface area contributed by atoms with E-state index in [0.29, 0.717) is 0 Å². The molecule has 0 amide bonds. The number of hydrogen-bond acceptors (Lipinski definition) is 12. The summed E-state index contributed by atoms with van der Waals surface area (Å²) in [7, 11) is 0. The van der Waals surface area contributed by atoms with E-state index in [1.165, 1.54) is 0 Å². The van der Waals surface area contributed by atoms with Crippen molar-refractivity contribution >= 4 is 0 Å². The summed E-state index contributed by atoms with van der Waals surface area (Å²) < 4.78 is 15.5. The summed E-state index contributed by atoms with van der Waals surface area (Å²) in [5.41, 5.74) is -2.43. The van der Waals surface area contributed by atoms with E-state index < -0.39 is 72.4 Å². The van der Waals surface area contributed by atoms with Crippen LogP contribution in [0.4, 0.5) is 0 Å². The average Bonchev–Trinajstić information content (AvgIpc) is 3.10. The lowest BCUT2D eigenvalue weighted by Crippen LogP contribution is -2.76. The summed E-state index contributed by atoms with van der Waals surface area (Å²) >= 11 is 0. The molecule has 0 aliphatic carbocycles. The Labute approximate surface area is 140 Å². The van der Waals surface area contributed by atoms with Gasteiger partial charge in [0.25, 0.3) is 5.09 Å². The second-order valence-electron chi connectivity index (χ2n) is 6.32. The Hall–Kier alpha value is -1.16. The maximum atomic E-state index is 10.9. The van der Waals surface area contributed by atoms with Crippen LogP contribution >= 0.6 is 0 Å². The molecule has 3 saturated heterocycles. The molecule has 0 saturated carbocycles. The maximum absolute atomic E-state index is 10.9. The van der Waals surface area contributed by atoms with Crippen molar-refractivity contribution < 1.29 is 54.8 Å². The zero-order valence-electron chi connectivity index (χ0n) is 12.7. The molecule has 0 aromatic carbocycles. The average molecular weight is 369 g/mol. The van der Waals surface area contributed by atoms with E-state index in [1.54, 1.807) is 0 Å². The van der Waals surface area contributed by atoms with Crippen LogP contribution in [0.25, 0.3) is 0 Å². The Kier molecular flexibility index (Phi) is 4.64. The fraction of sp³-hybridized carbons (Fsp3) is 1.00. The van der Waals surface area contributed by atoms with Gasteiger partial charge in [-0.05, 0) is 0 Å². The Balaban J connectivity index is 1.88. The molecule has 3 heterocycles. The van der Waals surface area contributed by atoms with Gasteiger partial charge in [0.2, 0.25) is 5.79 Å². The van der Waals surface area contributed by atoms with Crippen molar-refractivity contribution in [2.24, 2.45) is 0 Å².